The molecule has 2 aromatic carbocycles. The Morgan fingerprint density at radius 3 is 2.52 bits per heavy atom. The third-order valence-corrected chi connectivity index (χ3v) is 5.53. The minimum Gasteiger partial charge on any atom is -0.338 e. The van der Waals surface area contributed by atoms with Gasteiger partial charge in [-0.05, 0) is 61.9 Å². The molecule has 8 heteroatoms. The molecule has 158 valence electrons. The van der Waals surface area contributed by atoms with Crippen molar-refractivity contribution in [2.24, 2.45) is 0 Å². The molecule has 1 fully saturated rings. The predicted octanol–water partition coefficient (Wildman–Crippen LogP) is 4.46. The zero-order chi connectivity index (χ0) is 22.0. The quantitative estimate of drug-likeness (QED) is 0.652. The van der Waals surface area contributed by atoms with E-state index < -0.39 is 0 Å². The topological polar surface area (TPSA) is 75.2 Å². The van der Waals surface area contributed by atoms with E-state index in [9.17, 15) is 14.0 Å². The first-order valence-corrected chi connectivity index (χ1v) is 10.2. The molecule has 2 heterocycles. The molecule has 1 atom stereocenters. The maximum absolute atomic E-state index is 13.1. The Kier molecular flexibility index (Phi) is 5.95. The van der Waals surface area contributed by atoms with Crippen molar-refractivity contribution in [3.05, 3.63) is 88.2 Å². The van der Waals surface area contributed by atoms with E-state index in [2.05, 4.69) is 15.3 Å². The molecule has 0 aliphatic carbocycles. The number of aromatic nitrogens is 2. The molecule has 3 aromatic rings. The van der Waals surface area contributed by atoms with Crippen molar-refractivity contribution in [3.63, 3.8) is 0 Å². The summed E-state index contributed by atoms with van der Waals surface area (Å²) in [7, 11) is 0. The predicted molar refractivity (Wildman–Crippen MR) is 116 cm³/mol. The third-order valence-electron chi connectivity index (χ3n) is 5.28. The Labute approximate surface area is 184 Å². The van der Waals surface area contributed by atoms with Crippen molar-refractivity contribution in [2.75, 3.05) is 18.4 Å². The van der Waals surface area contributed by atoms with Crippen LogP contribution < -0.4 is 5.32 Å². The van der Waals surface area contributed by atoms with Gasteiger partial charge in [-0.15, -0.1) is 0 Å². The van der Waals surface area contributed by atoms with Crippen LogP contribution in [0.3, 0.4) is 0 Å². The maximum atomic E-state index is 13.1. The number of carbonyl (C=O) groups excluding carboxylic acids is 2. The van der Waals surface area contributed by atoms with E-state index in [1.54, 1.807) is 36.1 Å². The molecular weight excluding hydrogens is 419 g/mol. The largest absolute Gasteiger partial charge is 0.338 e. The molecule has 0 spiro atoms. The lowest BCUT2D eigenvalue weighted by Crippen LogP contribution is -2.28. The lowest BCUT2D eigenvalue weighted by Gasteiger charge is -2.16. The number of nitrogens with zero attached hydrogens (tertiary/aromatic N) is 3. The third kappa shape index (κ3) is 4.72. The normalized spacial score (nSPS) is 15.7. The maximum Gasteiger partial charge on any atom is 0.259 e. The fourth-order valence-electron chi connectivity index (χ4n) is 3.57. The van der Waals surface area contributed by atoms with Crippen LogP contribution in [-0.4, -0.2) is 39.8 Å². The zero-order valence-electron chi connectivity index (χ0n) is 16.8. The van der Waals surface area contributed by atoms with Crippen molar-refractivity contribution in [1.82, 2.24) is 14.9 Å². The first kappa shape index (κ1) is 20.9. The van der Waals surface area contributed by atoms with Gasteiger partial charge in [-0.3, -0.25) is 9.59 Å². The summed E-state index contributed by atoms with van der Waals surface area (Å²) in [6.45, 7) is 2.81. The molecule has 31 heavy (non-hydrogen) atoms. The molecule has 6 nitrogen and oxygen atoms in total. The second-order valence-electron chi connectivity index (χ2n) is 7.43. The Bertz CT molecular complexity index is 1120. The lowest BCUT2D eigenvalue weighted by molar-refractivity contribution is 0.0790. The minimum atomic E-state index is -0.375. The molecule has 4 rings (SSSR count). The highest BCUT2D eigenvalue weighted by Crippen LogP contribution is 2.26. The van der Waals surface area contributed by atoms with Crippen molar-refractivity contribution in [2.45, 2.75) is 19.3 Å². The molecule has 2 amide bonds. The Hall–Kier alpha value is -3.32. The average molecular weight is 439 g/mol. The van der Waals surface area contributed by atoms with Gasteiger partial charge in [0.1, 0.15) is 11.6 Å². The SMILES string of the molecule is Cc1nc(C2CCN(C(=O)c3ccc(F)cc3)C2)ncc1C(=O)Nc1ccc(Cl)cc1. The summed E-state index contributed by atoms with van der Waals surface area (Å²) >= 11 is 5.87. The molecule has 1 aliphatic rings. The molecule has 1 aliphatic heterocycles. The van der Waals surface area contributed by atoms with Crippen LogP contribution in [-0.2, 0) is 0 Å². The van der Waals surface area contributed by atoms with E-state index in [4.69, 9.17) is 11.6 Å². The number of rotatable bonds is 4. The summed E-state index contributed by atoms with van der Waals surface area (Å²) in [5.41, 5.74) is 2.03. The van der Waals surface area contributed by atoms with Gasteiger partial charge >= 0.3 is 0 Å². The van der Waals surface area contributed by atoms with Gasteiger partial charge in [-0.2, -0.15) is 0 Å². The number of anilines is 1. The number of likely N-dealkylation sites (tertiary alicyclic amines) is 1. The minimum absolute atomic E-state index is 0.0172. The van der Waals surface area contributed by atoms with Crippen LogP contribution in [0.1, 0.15) is 44.6 Å². The zero-order valence-corrected chi connectivity index (χ0v) is 17.6. The molecule has 1 aromatic heterocycles. The summed E-state index contributed by atoms with van der Waals surface area (Å²) in [5.74, 6) is -0.226. The first-order valence-electron chi connectivity index (χ1n) is 9.86. The fourth-order valence-corrected chi connectivity index (χ4v) is 3.69. The van der Waals surface area contributed by atoms with Gasteiger partial charge in [-0.25, -0.2) is 14.4 Å². The standard InChI is InChI=1S/C23H20ClFN4O2/c1-14-20(22(30)28-19-8-4-17(24)5-9-19)12-26-21(27-14)16-10-11-29(13-16)23(31)15-2-6-18(25)7-3-15/h2-9,12,16H,10-11,13H2,1H3,(H,28,30). The van der Waals surface area contributed by atoms with Crippen LogP contribution in [0.25, 0.3) is 0 Å². The average Bonchev–Trinajstić information content (AvgIpc) is 3.25. The van der Waals surface area contributed by atoms with Crippen LogP contribution >= 0.6 is 11.6 Å². The summed E-state index contributed by atoms with van der Waals surface area (Å²) in [4.78, 5) is 35.9. The summed E-state index contributed by atoms with van der Waals surface area (Å²) in [6, 6.07) is 12.4. The summed E-state index contributed by atoms with van der Waals surface area (Å²) < 4.78 is 13.1. The number of benzene rings is 2. The van der Waals surface area contributed by atoms with Gasteiger partial charge in [0.15, 0.2) is 0 Å². The second-order valence-corrected chi connectivity index (χ2v) is 7.87. The summed E-state index contributed by atoms with van der Waals surface area (Å²) in [5, 5.41) is 3.39. The van der Waals surface area contributed by atoms with E-state index in [1.165, 1.54) is 30.5 Å². The van der Waals surface area contributed by atoms with Gasteiger partial charge in [0, 0.05) is 41.5 Å². The molecule has 0 saturated carbocycles. The molecule has 0 radical (unpaired) electrons. The summed E-state index contributed by atoms with van der Waals surface area (Å²) in [6.07, 6.45) is 2.25. The fraction of sp³-hybridized carbons (Fsp3) is 0.217. The van der Waals surface area contributed by atoms with E-state index in [0.717, 1.165) is 6.42 Å². The number of halogens is 2. The molecular formula is C23H20ClFN4O2. The van der Waals surface area contributed by atoms with Gasteiger partial charge in [0.25, 0.3) is 11.8 Å². The van der Waals surface area contributed by atoms with Crippen molar-refractivity contribution in [1.29, 1.82) is 0 Å². The highest BCUT2D eigenvalue weighted by atomic mass is 35.5. The monoisotopic (exact) mass is 438 g/mol. The van der Waals surface area contributed by atoms with Crippen LogP contribution in [0.5, 0.6) is 0 Å². The number of hydrogen-bond acceptors (Lipinski definition) is 4. The van der Waals surface area contributed by atoms with Crippen molar-refractivity contribution in [3.8, 4) is 0 Å². The lowest BCUT2D eigenvalue weighted by atomic mass is 10.1. The number of carbonyl (C=O) groups is 2. The van der Waals surface area contributed by atoms with Crippen LogP contribution in [0.4, 0.5) is 10.1 Å². The molecule has 1 saturated heterocycles. The second kappa shape index (κ2) is 8.81. The number of amides is 2. The smallest absolute Gasteiger partial charge is 0.259 e. The van der Waals surface area contributed by atoms with Gasteiger partial charge < -0.3 is 10.2 Å². The van der Waals surface area contributed by atoms with E-state index in [1.807, 2.05) is 0 Å². The Morgan fingerprint density at radius 1 is 1.13 bits per heavy atom. The van der Waals surface area contributed by atoms with Crippen molar-refractivity contribution >= 4 is 29.1 Å². The van der Waals surface area contributed by atoms with E-state index >= 15 is 0 Å². The number of aryl methyl sites for hydroxylation is 1. The van der Waals surface area contributed by atoms with E-state index in [0.29, 0.717) is 46.4 Å². The molecule has 0 bridgehead atoms. The first-order chi connectivity index (χ1) is 14.9. The Morgan fingerprint density at radius 2 is 1.84 bits per heavy atom. The van der Waals surface area contributed by atoms with Gasteiger partial charge in [-0.1, -0.05) is 11.6 Å². The highest BCUT2D eigenvalue weighted by Gasteiger charge is 2.30. The number of hydrogen-bond donors (Lipinski definition) is 1. The Balaban J connectivity index is 1.43. The van der Waals surface area contributed by atoms with Gasteiger partial charge in [0.2, 0.25) is 0 Å². The van der Waals surface area contributed by atoms with Crippen LogP contribution in [0.15, 0.2) is 54.7 Å². The van der Waals surface area contributed by atoms with Gasteiger partial charge in [0.05, 0.1) is 11.3 Å². The number of nitrogens with one attached hydrogen (secondary N) is 1. The van der Waals surface area contributed by atoms with Crippen molar-refractivity contribution < 1.29 is 14.0 Å². The van der Waals surface area contributed by atoms with E-state index in [-0.39, 0.29) is 23.5 Å². The molecule has 1 N–H and O–H groups in total. The molecule has 1 unspecified atom stereocenters. The highest BCUT2D eigenvalue weighted by molar-refractivity contribution is 6.30. The van der Waals surface area contributed by atoms with Crippen LogP contribution in [0.2, 0.25) is 5.02 Å². The van der Waals surface area contributed by atoms with Crippen LogP contribution in [0, 0.1) is 12.7 Å².